The van der Waals surface area contributed by atoms with Gasteiger partial charge in [0.15, 0.2) is 0 Å². The van der Waals surface area contributed by atoms with Crippen LogP contribution in [0.25, 0.3) is 0 Å². The van der Waals surface area contributed by atoms with Crippen molar-refractivity contribution in [2.45, 2.75) is 25.4 Å². The molecule has 0 amide bonds. The van der Waals surface area contributed by atoms with Gasteiger partial charge in [-0.25, -0.2) is 0 Å². The molecule has 1 fully saturated rings. The average molecular weight is 284 g/mol. The first kappa shape index (κ1) is 14.8. The molecule has 1 aromatic carbocycles. The van der Waals surface area contributed by atoms with Crippen molar-refractivity contribution in [3.05, 3.63) is 34.9 Å². The molecule has 1 atom stereocenters. The molecule has 19 heavy (non-hydrogen) atoms. The molecule has 1 saturated carbocycles. The van der Waals surface area contributed by atoms with E-state index >= 15 is 0 Å². The zero-order chi connectivity index (χ0) is 13.7. The smallest absolute Gasteiger partial charge is 0.0914 e. The van der Waals surface area contributed by atoms with Gasteiger partial charge in [-0.3, -0.25) is 0 Å². The molecule has 4 heteroatoms. The SMILES string of the molecule is COCCC1(CNCC(O)c2ccc(Cl)cc2)CC1. The number of aliphatic hydroxyl groups is 1. The van der Waals surface area contributed by atoms with Gasteiger partial charge in [-0.2, -0.15) is 0 Å². The van der Waals surface area contributed by atoms with Crippen molar-refractivity contribution in [2.24, 2.45) is 5.41 Å². The molecule has 0 aliphatic heterocycles. The highest BCUT2D eigenvalue weighted by atomic mass is 35.5. The standard InChI is InChI=1S/C15H22ClNO2/c1-19-9-8-15(6-7-15)11-17-10-14(18)12-2-4-13(16)5-3-12/h2-5,14,17-18H,6-11H2,1H3. The second-order valence-corrected chi connectivity index (χ2v) is 5.88. The van der Waals surface area contributed by atoms with Gasteiger partial charge in [-0.1, -0.05) is 23.7 Å². The zero-order valence-corrected chi connectivity index (χ0v) is 12.1. The second-order valence-electron chi connectivity index (χ2n) is 5.44. The number of methoxy groups -OCH3 is 1. The van der Waals surface area contributed by atoms with Gasteiger partial charge in [0.1, 0.15) is 0 Å². The van der Waals surface area contributed by atoms with Crippen molar-refractivity contribution in [1.82, 2.24) is 5.32 Å². The fourth-order valence-corrected chi connectivity index (χ4v) is 2.41. The van der Waals surface area contributed by atoms with Crippen LogP contribution in [0.3, 0.4) is 0 Å². The summed E-state index contributed by atoms with van der Waals surface area (Å²) >= 11 is 5.83. The van der Waals surface area contributed by atoms with E-state index in [2.05, 4.69) is 5.32 Å². The third kappa shape index (κ3) is 4.46. The maximum atomic E-state index is 10.1. The minimum atomic E-state index is -0.476. The molecule has 1 aliphatic rings. The number of nitrogens with one attached hydrogen (secondary N) is 1. The number of aliphatic hydroxyl groups excluding tert-OH is 1. The van der Waals surface area contributed by atoms with Gasteiger partial charge in [0.05, 0.1) is 6.10 Å². The van der Waals surface area contributed by atoms with E-state index in [1.807, 2.05) is 12.1 Å². The van der Waals surface area contributed by atoms with E-state index in [0.29, 0.717) is 17.0 Å². The Labute approximate surface area is 119 Å². The molecule has 2 N–H and O–H groups in total. The van der Waals surface area contributed by atoms with Crippen LogP contribution in [0.15, 0.2) is 24.3 Å². The highest BCUT2D eigenvalue weighted by Gasteiger charge is 2.41. The summed E-state index contributed by atoms with van der Waals surface area (Å²) < 4.78 is 5.14. The van der Waals surface area contributed by atoms with Crippen molar-refractivity contribution < 1.29 is 9.84 Å². The summed E-state index contributed by atoms with van der Waals surface area (Å²) in [5.41, 5.74) is 1.31. The topological polar surface area (TPSA) is 41.5 Å². The summed E-state index contributed by atoms with van der Waals surface area (Å²) in [6.45, 7) is 2.36. The molecule has 1 aliphatic carbocycles. The molecule has 0 heterocycles. The van der Waals surface area contributed by atoms with Gasteiger partial charge in [0.25, 0.3) is 0 Å². The van der Waals surface area contributed by atoms with Crippen molar-refractivity contribution in [3.63, 3.8) is 0 Å². The van der Waals surface area contributed by atoms with E-state index in [1.54, 1.807) is 19.2 Å². The molecule has 0 bridgehead atoms. The van der Waals surface area contributed by atoms with E-state index in [4.69, 9.17) is 16.3 Å². The molecule has 1 aromatic rings. The van der Waals surface area contributed by atoms with Gasteiger partial charge < -0.3 is 15.2 Å². The quantitative estimate of drug-likeness (QED) is 0.771. The largest absolute Gasteiger partial charge is 0.387 e. The lowest BCUT2D eigenvalue weighted by atomic mass is 10.0. The molecule has 0 spiro atoms. The number of halogens is 1. The van der Waals surface area contributed by atoms with Crippen molar-refractivity contribution in [3.8, 4) is 0 Å². The van der Waals surface area contributed by atoms with Gasteiger partial charge in [0.2, 0.25) is 0 Å². The van der Waals surface area contributed by atoms with E-state index in [0.717, 1.165) is 25.1 Å². The maximum Gasteiger partial charge on any atom is 0.0914 e. The summed E-state index contributed by atoms with van der Waals surface area (Å²) in [4.78, 5) is 0. The van der Waals surface area contributed by atoms with Crippen LogP contribution in [0, 0.1) is 5.41 Å². The molecular weight excluding hydrogens is 262 g/mol. The summed E-state index contributed by atoms with van der Waals surface area (Å²) in [6.07, 6.45) is 3.16. The summed E-state index contributed by atoms with van der Waals surface area (Å²) in [5.74, 6) is 0. The minimum absolute atomic E-state index is 0.412. The molecule has 2 rings (SSSR count). The third-order valence-electron chi connectivity index (χ3n) is 3.89. The monoisotopic (exact) mass is 283 g/mol. The first-order valence-corrected chi connectivity index (χ1v) is 7.16. The van der Waals surface area contributed by atoms with Gasteiger partial charge in [-0.15, -0.1) is 0 Å². The predicted molar refractivity (Wildman–Crippen MR) is 77.4 cm³/mol. The van der Waals surface area contributed by atoms with Crippen LogP contribution in [-0.2, 0) is 4.74 Å². The van der Waals surface area contributed by atoms with Crippen molar-refractivity contribution in [1.29, 1.82) is 0 Å². The Morgan fingerprint density at radius 1 is 1.37 bits per heavy atom. The minimum Gasteiger partial charge on any atom is -0.387 e. The van der Waals surface area contributed by atoms with Gasteiger partial charge >= 0.3 is 0 Å². The molecular formula is C15H22ClNO2. The fraction of sp³-hybridized carbons (Fsp3) is 0.600. The normalized spacial score (nSPS) is 18.3. The predicted octanol–water partition coefficient (Wildman–Crippen LogP) is 2.78. The number of rotatable bonds is 8. The molecule has 3 nitrogen and oxygen atoms in total. The van der Waals surface area contributed by atoms with Gasteiger partial charge in [0, 0.05) is 31.8 Å². The number of ether oxygens (including phenoxy) is 1. The number of hydrogen-bond donors (Lipinski definition) is 2. The highest BCUT2D eigenvalue weighted by Crippen LogP contribution is 2.48. The van der Waals surface area contributed by atoms with Crippen molar-refractivity contribution in [2.75, 3.05) is 26.8 Å². The Hall–Kier alpha value is -0.610. The van der Waals surface area contributed by atoms with Crippen LogP contribution in [0.1, 0.15) is 30.9 Å². The molecule has 0 aromatic heterocycles. The van der Waals surface area contributed by atoms with E-state index in [1.165, 1.54) is 12.8 Å². The first-order chi connectivity index (χ1) is 9.15. The fourth-order valence-electron chi connectivity index (χ4n) is 2.29. The van der Waals surface area contributed by atoms with Crippen LogP contribution in [0.5, 0.6) is 0 Å². The van der Waals surface area contributed by atoms with Crippen LogP contribution in [-0.4, -0.2) is 31.9 Å². The number of benzene rings is 1. The molecule has 0 saturated heterocycles. The molecule has 0 radical (unpaired) electrons. The Bertz CT molecular complexity index is 390. The Morgan fingerprint density at radius 2 is 2.05 bits per heavy atom. The van der Waals surface area contributed by atoms with Crippen LogP contribution in [0.4, 0.5) is 0 Å². The van der Waals surface area contributed by atoms with E-state index < -0.39 is 6.10 Å². The first-order valence-electron chi connectivity index (χ1n) is 6.78. The lowest BCUT2D eigenvalue weighted by Gasteiger charge is -2.18. The lowest BCUT2D eigenvalue weighted by Crippen LogP contribution is -2.29. The van der Waals surface area contributed by atoms with E-state index in [-0.39, 0.29) is 0 Å². The van der Waals surface area contributed by atoms with Crippen LogP contribution < -0.4 is 5.32 Å². The summed E-state index contributed by atoms with van der Waals surface area (Å²) in [6, 6.07) is 7.35. The Kier molecular flexibility index (Phi) is 5.22. The summed E-state index contributed by atoms with van der Waals surface area (Å²) in [5, 5.41) is 14.1. The van der Waals surface area contributed by atoms with Crippen LogP contribution in [0.2, 0.25) is 5.02 Å². The van der Waals surface area contributed by atoms with Crippen molar-refractivity contribution >= 4 is 11.6 Å². The highest BCUT2D eigenvalue weighted by molar-refractivity contribution is 6.30. The second kappa shape index (κ2) is 6.71. The van der Waals surface area contributed by atoms with Crippen LogP contribution >= 0.6 is 11.6 Å². The third-order valence-corrected chi connectivity index (χ3v) is 4.14. The maximum absolute atomic E-state index is 10.1. The van der Waals surface area contributed by atoms with Gasteiger partial charge in [-0.05, 0) is 42.4 Å². The van der Waals surface area contributed by atoms with E-state index in [9.17, 15) is 5.11 Å². The average Bonchev–Trinajstić information content (AvgIpc) is 3.17. The Morgan fingerprint density at radius 3 is 2.63 bits per heavy atom. The Balaban J connectivity index is 1.72. The lowest BCUT2D eigenvalue weighted by molar-refractivity contribution is 0.158. The zero-order valence-electron chi connectivity index (χ0n) is 11.4. The molecule has 1 unspecified atom stereocenters. The number of hydrogen-bond acceptors (Lipinski definition) is 3. The summed E-state index contributed by atoms with van der Waals surface area (Å²) in [7, 11) is 1.74. The molecule has 106 valence electrons.